The number of hydrogen-bond donors (Lipinski definition) is 2. The van der Waals surface area contributed by atoms with Crippen LogP contribution in [-0.2, 0) is 14.8 Å². The molecule has 0 aromatic heterocycles. The number of halogens is 3. The first-order chi connectivity index (χ1) is 10.2. The number of hydrogen-bond acceptors (Lipinski definition) is 3. The van der Waals surface area contributed by atoms with Crippen LogP contribution in [0, 0.1) is 23.4 Å². The van der Waals surface area contributed by atoms with E-state index in [-0.39, 0.29) is 25.0 Å². The van der Waals surface area contributed by atoms with Crippen LogP contribution >= 0.6 is 0 Å². The standard InChI is InChI=1S/C13H14F3NO4S/c14-9-5-11(16)12(6-10(9)15)22(20,21)17-8-3-1-7(2-4-8)13(18)19/h5-8,17H,1-4H2,(H,18,19). The van der Waals surface area contributed by atoms with Gasteiger partial charge < -0.3 is 5.11 Å². The lowest BCUT2D eigenvalue weighted by molar-refractivity contribution is -0.142. The number of carbonyl (C=O) groups is 1. The fraction of sp³-hybridized carbons (Fsp3) is 0.462. The van der Waals surface area contributed by atoms with Crippen molar-refractivity contribution in [3.63, 3.8) is 0 Å². The van der Waals surface area contributed by atoms with Crippen molar-refractivity contribution in [3.8, 4) is 0 Å². The van der Waals surface area contributed by atoms with Crippen LogP contribution in [0.25, 0.3) is 0 Å². The molecule has 0 bridgehead atoms. The number of sulfonamides is 1. The Morgan fingerprint density at radius 2 is 1.59 bits per heavy atom. The van der Waals surface area contributed by atoms with Gasteiger partial charge in [-0.1, -0.05) is 0 Å². The maximum Gasteiger partial charge on any atom is 0.306 e. The quantitative estimate of drug-likeness (QED) is 0.824. The summed E-state index contributed by atoms with van der Waals surface area (Å²) >= 11 is 0. The molecule has 1 aliphatic rings. The Morgan fingerprint density at radius 1 is 1.05 bits per heavy atom. The molecule has 0 amide bonds. The SMILES string of the molecule is O=C(O)C1CCC(NS(=O)(=O)c2cc(F)c(F)cc2F)CC1. The Hall–Kier alpha value is -1.61. The molecule has 1 fully saturated rings. The highest BCUT2D eigenvalue weighted by Gasteiger charge is 2.30. The smallest absolute Gasteiger partial charge is 0.306 e. The van der Waals surface area contributed by atoms with Crippen molar-refractivity contribution in [1.82, 2.24) is 4.72 Å². The van der Waals surface area contributed by atoms with Crippen molar-refractivity contribution in [1.29, 1.82) is 0 Å². The van der Waals surface area contributed by atoms with Crippen LogP contribution in [0.3, 0.4) is 0 Å². The molecular weight excluding hydrogens is 323 g/mol. The zero-order valence-corrected chi connectivity index (χ0v) is 12.2. The van der Waals surface area contributed by atoms with Gasteiger partial charge in [-0.05, 0) is 31.7 Å². The van der Waals surface area contributed by atoms with Crippen molar-refractivity contribution in [2.45, 2.75) is 36.6 Å². The van der Waals surface area contributed by atoms with Gasteiger partial charge in [0, 0.05) is 12.1 Å². The van der Waals surface area contributed by atoms with Crippen LogP contribution in [0.5, 0.6) is 0 Å². The highest BCUT2D eigenvalue weighted by atomic mass is 32.2. The molecule has 0 saturated heterocycles. The van der Waals surface area contributed by atoms with Gasteiger partial charge >= 0.3 is 5.97 Å². The average molecular weight is 337 g/mol. The Kier molecular flexibility index (Phi) is 4.76. The van der Waals surface area contributed by atoms with Gasteiger partial charge in [-0.2, -0.15) is 0 Å². The van der Waals surface area contributed by atoms with Gasteiger partial charge in [0.15, 0.2) is 11.6 Å². The molecule has 0 spiro atoms. The van der Waals surface area contributed by atoms with E-state index < -0.39 is 50.3 Å². The molecule has 0 unspecified atom stereocenters. The Bertz CT molecular complexity index is 685. The lowest BCUT2D eigenvalue weighted by Gasteiger charge is -2.26. The highest BCUT2D eigenvalue weighted by Crippen LogP contribution is 2.26. The first-order valence-corrected chi connectivity index (χ1v) is 8.08. The number of nitrogens with one attached hydrogen (secondary N) is 1. The minimum atomic E-state index is -4.35. The second kappa shape index (κ2) is 6.25. The summed E-state index contributed by atoms with van der Waals surface area (Å²) in [5.41, 5.74) is 0. The van der Waals surface area contributed by atoms with Gasteiger partial charge in [-0.15, -0.1) is 0 Å². The van der Waals surface area contributed by atoms with Crippen LogP contribution in [0.2, 0.25) is 0 Å². The normalized spacial score (nSPS) is 22.5. The summed E-state index contributed by atoms with van der Waals surface area (Å²) in [4.78, 5) is 9.85. The third kappa shape index (κ3) is 3.58. The van der Waals surface area contributed by atoms with Gasteiger partial charge in [0.1, 0.15) is 10.7 Å². The summed E-state index contributed by atoms with van der Waals surface area (Å²) < 4.78 is 65.8. The molecule has 0 heterocycles. The number of carboxylic acid groups (broad SMARTS) is 1. The fourth-order valence-electron chi connectivity index (χ4n) is 2.45. The maximum atomic E-state index is 13.5. The van der Waals surface area contributed by atoms with E-state index >= 15 is 0 Å². The molecule has 1 aliphatic carbocycles. The van der Waals surface area contributed by atoms with E-state index in [1.54, 1.807) is 0 Å². The van der Waals surface area contributed by atoms with Gasteiger partial charge in [0.05, 0.1) is 5.92 Å². The Morgan fingerprint density at radius 3 is 2.14 bits per heavy atom. The maximum absolute atomic E-state index is 13.5. The van der Waals surface area contributed by atoms with E-state index in [0.717, 1.165) is 0 Å². The molecule has 122 valence electrons. The number of rotatable bonds is 4. The number of aliphatic carboxylic acids is 1. The predicted molar refractivity (Wildman–Crippen MR) is 70.0 cm³/mol. The summed E-state index contributed by atoms with van der Waals surface area (Å²) in [7, 11) is -4.35. The number of benzene rings is 1. The summed E-state index contributed by atoms with van der Waals surface area (Å²) in [5.74, 6) is -5.78. The molecular formula is C13H14F3NO4S. The van der Waals surface area contributed by atoms with Crippen LogP contribution in [0.1, 0.15) is 25.7 Å². The van der Waals surface area contributed by atoms with E-state index in [4.69, 9.17) is 5.11 Å². The molecule has 9 heteroatoms. The molecule has 1 aromatic rings. The summed E-state index contributed by atoms with van der Waals surface area (Å²) in [6, 6.07) is -0.103. The molecule has 0 radical (unpaired) electrons. The van der Waals surface area contributed by atoms with Gasteiger partial charge in [0.2, 0.25) is 10.0 Å². The largest absolute Gasteiger partial charge is 0.481 e. The molecule has 22 heavy (non-hydrogen) atoms. The third-order valence-corrected chi connectivity index (χ3v) is 5.20. The molecule has 5 nitrogen and oxygen atoms in total. The fourth-order valence-corrected chi connectivity index (χ4v) is 3.83. The average Bonchev–Trinajstić information content (AvgIpc) is 2.42. The van der Waals surface area contributed by atoms with Crippen LogP contribution < -0.4 is 4.72 Å². The van der Waals surface area contributed by atoms with Crippen molar-refractivity contribution < 1.29 is 31.5 Å². The van der Waals surface area contributed by atoms with E-state index in [2.05, 4.69) is 4.72 Å². The molecule has 1 saturated carbocycles. The highest BCUT2D eigenvalue weighted by molar-refractivity contribution is 7.89. The molecule has 2 rings (SSSR count). The van der Waals surface area contributed by atoms with E-state index in [0.29, 0.717) is 12.8 Å². The second-order valence-corrected chi connectivity index (χ2v) is 6.89. The van der Waals surface area contributed by atoms with Crippen molar-refractivity contribution in [2.24, 2.45) is 5.92 Å². The first-order valence-electron chi connectivity index (χ1n) is 6.60. The molecule has 2 N–H and O–H groups in total. The van der Waals surface area contributed by atoms with E-state index in [9.17, 15) is 26.4 Å². The van der Waals surface area contributed by atoms with Crippen LogP contribution in [-0.4, -0.2) is 25.5 Å². The van der Waals surface area contributed by atoms with Crippen LogP contribution in [0.15, 0.2) is 17.0 Å². The van der Waals surface area contributed by atoms with Crippen LogP contribution in [0.4, 0.5) is 13.2 Å². The van der Waals surface area contributed by atoms with Crippen molar-refractivity contribution in [3.05, 3.63) is 29.6 Å². The zero-order valence-electron chi connectivity index (χ0n) is 11.4. The minimum absolute atomic E-state index is 0.172. The van der Waals surface area contributed by atoms with E-state index in [1.165, 1.54) is 0 Å². The summed E-state index contributed by atoms with van der Waals surface area (Å²) in [6.45, 7) is 0. The summed E-state index contributed by atoms with van der Waals surface area (Å²) in [5, 5.41) is 8.86. The van der Waals surface area contributed by atoms with Gasteiger partial charge in [-0.3, -0.25) is 4.79 Å². The Balaban J connectivity index is 2.13. The van der Waals surface area contributed by atoms with Gasteiger partial charge in [-0.25, -0.2) is 26.3 Å². The lowest BCUT2D eigenvalue weighted by Crippen LogP contribution is -2.39. The Labute approximate surface area is 125 Å². The van der Waals surface area contributed by atoms with E-state index in [1.807, 2.05) is 0 Å². The van der Waals surface area contributed by atoms with Gasteiger partial charge in [0.25, 0.3) is 0 Å². The molecule has 0 aliphatic heterocycles. The number of carboxylic acids is 1. The molecule has 1 aromatic carbocycles. The topological polar surface area (TPSA) is 83.5 Å². The lowest BCUT2D eigenvalue weighted by atomic mass is 9.87. The third-order valence-electron chi connectivity index (χ3n) is 3.66. The monoisotopic (exact) mass is 337 g/mol. The van der Waals surface area contributed by atoms with Crippen molar-refractivity contribution in [2.75, 3.05) is 0 Å². The minimum Gasteiger partial charge on any atom is -0.481 e. The van der Waals surface area contributed by atoms with Crippen molar-refractivity contribution >= 4 is 16.0 Å². The zero-order chi connectivity index (χ0) is 16.5. The summed E-state index contributed by atoms with van der Waals surface area (Å²) in [6.07, 6.45) is 1.15. The molecule has 0 atom stereocenters. The predicted octanol–water partition coefficient (Wildman–Crippen LogP) is 2.03. The first kappa shape index (κ1) is 16.8. The second-order valence-electron chi connectivity index (χ2n) is 5.20.